The molecule has 1 rings (SSSR count). The zero-order chi connectivity index (χ0) is 10.6. The molecule has 0 fully saturated rings. The fraction of sp³-hybridized carbons (Fsp3) is 0.500. The molecule has 0 aromatic heterocycles. The van der Waals surface area contributed by atoms with E-state index in [1.807, 2.05) is 14.0 Å². The molecule has 0 unspecified atom stereocenters. The maximum absolute atomic E-state index is 9.21. The first kappa shape index (κ1) is 11.2. The van der Waals surface area contributed by atoms with Crippen LogP contribution < -0.4 is 0 Å². The van der Waals surface area contributed by atoms with E-state index in [2.05, 4.69) is 36.1 Å². The summed E-state index contributed by atoms with van der Waals surface area (Å²) in [5, 5.41) is 9.21. The number of hydrogen-bond donors (Lipinski definition) is 1. The van der Waals surface area contributed by atoms with E-state index in [0.29, 0.717) is 6.54 Å². The Morgan fingerprint density at radius 1 is 1.43 bits per heavy atom. The van der Waals surface area contributed by atoms with E-state index in [9.17, 15) is 5.11 Å². The Balaban J connectivity index is 2.51. The summed E-state index contributed by atoms with van der Waals surface area (Å²) in [6.45, 7) is 5.52. The van der Waals surface area contributed by atoms with Crippen molar-refractivity contribution in [3.05, 3.63) is 35.4 Å². The van der Waals surface area contributed by atoms with Crippen molar-refractivity contribution in [2.75, 3.05) is 13.6 Å². The molecule has 1 atom stereocenters. The van der Waals surface area contributed by atoms with Gasteiger partial charge in [0.15, 0.2) is 0 Å². The Morgan fingerprint density at radius 3 is 2.71 bits per heavy atom. The molecular weight excluding hydrogens is 174 g/mol. The number of hydrogen-bond acceptors (Lipinski definition) is 2. The third kappa shape index (κ3) is 3.90. The van der Waals surface area contributed by atoms with Crippen molar-refractivity contribution in [1.82, 2.24) is 4.90 Å². The van der Waals surface area contributed by atoms with Gasteiger partial charge in [0.25, 0.3) is 0 Å². The van der Waals surface area contributed by atoms with Gasteiger partial charge in [-0.2, -0.15) is 0 Å². The van der Waals surface area contributed by atoms with Crippen LogP contribution in [0.2, 0.25) is 0 Å². The quantitative estimate of drug-likeness (QED) is 0.788. The lowest BCUT2D eigenvalue weighted by Gasteiger charge is -2.18. The largest absolute Gasteiger partial charge is 0.392 e. The maximum Gasteiger partial charge on any atom is 0.0639 e. The second-order valence-corrected chi connectivity index (χ2v) is 4.03. The van der Waals surface area contributed by atoms with Crippen molar-refractivity contribution in [3.63, 3.8) is 0 Å². The molecule has 1 N–H and O–H groups in total. The van der Waals surface area contributed by atoms with E-state index in [1.54, 1.807) is 0 Å². The van der Waals surface area contributed by atoms with Crippen LogP contribution in [0, 0.1) is 6.92 Å². The van der Waals surface area contributed by atoms with Crippen LogP contribution in [0.5, 0.6) is 0 Å². The second kappa shape index (κ2) is 5.13. The van der Waals surface area contributed by atoms with Gasteiger partial charge in [-0.15, -0.1) is 0 Å². The fourth-order valence-electron chi connectivity index (χ4n) is 1.64. The summed E-state index contributed by atoms with van der Waals surface area (Å²) in [4.78, 5) is 2.12. The van der Waals surface area contributed by atoms with Crippen molar-refractivity contribution in [1.29, 1.82) is 0 Å². The molecule has 2 nitrogen and oxygen atoms in total. The molecule has 0 aliphatic heterocycles. The summed E-state index contributed by atoms with van der Waals surface area (Å²) in [5.74, 6) is 0. The molecule has 0 spiro atoms. The smallest absolute Gasteiger partial charge is 0.0639 e. The van der Waals surface area contributed by atoms with Crippen molar-refractivity contribution >= 4 is 0 Å². The molecule has 0 aliphatic rings. The van der Waals surface area contributed by atoms with E-state index in [0.717, 1.165) is 6.54 Å². The van der Waals surface area contributed by atoms with Crippen LogP contribution in [0.3, 0.4) is 0 Å². The highest BCUT2D eigenvalue weighted by molar-refractivity contribution is 5.21. The summed E-state index contributed by atoms with van der Waals surface area (Å²) in [5.41, 5.74) is 2.58. The van der Waals surface area contributed by atoms with Crippen molar-refractivity contribution in [2.45, 2.75) is 26.5 Å². The summed E-state index contributed by atoms with van der Waals surface area (Å²) in [7, 11) is 2.02. The highest BCUT2D eigenvalue weighted by Gasteiger charge is 2.03. The molecule has 0 saturated carbocycles. The SMILES string of the molecule is Cc1cccc(CN(C)C[C@@H](C)O)c1. The number of aliphatic hydroxyl groups excluding tert-OH is 1. The Bertz CT molecular complexity index is 283. The minimum absolute atomic E-state index is 0.259. The van der Waals surface area contributed by atoms with E-state index >= 15 is 0 Å². The minimum Gasteiger partial charge on any atom is -0.392 e. The Morgan fingerprint density at radius 2 is 2.14 bits per heavy atom. The van der Waals surface area contributed by atoms with Gasteiger partial charge in [0, 0.05) is 13.1 Å². The molecule has 0 saturated heterocycles. The van der Waals surface area contributed by atoms with E-state index in [1.165, 1.54) is 11.1 Å². The highest BCUT2D eigenvalue weighted by atomic mass is 16.3. The molecule has 0 heterocycles. The van der Waals surface area contributed by atoms with Crippen molar-refractivity contribution in [3.8, 4) is 0 Å². The molecule has 0 radical (unpaired) electrons. The van der Waals surface area contributed by atoms with E-state index < -0.39 is 0 Å². The van der Waals surface area contributed by atoms with Crippen LogP contribution in [0.4, 0.5) is 0 Å². The Hall–Kier alpha value is -0.860. The average molecular weight is 193 g/mol. The zero-order valence-corrected chi connectivity index (χ0v) is 9.20. The molecular formula is C12H19NO. The molecule has 0 bridgehead atoms. The van der Waals surface area contributed by atoms with Gasteiger partial charge in [0.1, 0.15) is 0 Å². The van der Waals surface area contributed by atoms with E-state index in [-0.39, 0.29) is 6.10 Å². The van der Waals surface area contributed by atoms with E-state index in [4.69, 9.17) is 0 Å². The predicted molar refractivity (Wildman–Crippen MR) is 59.2 cm³/mol. The number of likely N-dealkylation sites (N-methyl/N-ethyl adjacent to an activating group) is 1. The summed E-state index contributed by atoms with van der Waals surface area (Å²) < 4.78 is 0. The molecule has 14 heavy (non-hydrogen) atoms. The molecule has 0 aliphatic carbocycles. The molecule has 1 aromatic carbocycles. The van der Waals surface area contributed by atoms with Crippen LogP contribution >= 0.6 is 0 Å². The topological polar surface area (TPSA) is 23.5 Å². The van der Waals surface area contributed by atoms with Crippen molar-refractivity contribution in [2.24, 2.45) is 0 Å². The molecule has 78 valence electrons. The third-order valence-corrected chi connectivity index (χ3v) is 2.11. The number of nitrogens with zero attached hydrogens (tertiary/aromatic N) is 1. The normalized spacial score (nSPS) is 13.2. The number of rotatable bonds is 4. The maximum atomic E-state index is 9.21. The highest BCUT2D eigenvalue weighted by Crippen LogP contribution is 2.06. The fourth-order valence-corrected chi connectivity index (χ4v) is 1.64. The average Bonchev–Trinajstić information content (AvgIpc) is 2.01. The van der Waals surface area contributed by atoms with Gasteiger partial charge in [0.05, 0.1) is 6.10 Å². The van der Waals surface area contributed by atoms with Crippen LogP contribution in [0.1, 0.15) is 18.1 Å². The first-order valence-electron chi connectivity index (χ1n) is 5.00. The number of aryl methyl sites for hydroxylation is 1. The lowest BCUT2D eigenvalue weighted by molar-refractivity contribution is 0.138. The van der Waals surface area contributed by atoms with Gasteiger partial charge in [-0.25, -0.2) is 0 Å². The molecule has 1 aromatic rings. The first-order chi connectivity index (χ1) is 6.58. The molecule has 0 amide bonds. The molecule has 2 heteroatoms. The monoisotopic (exact) mass is 193 g/mol. The van der Waals surface area contributed by atoms with Crippen LogP contribution in [0.25, 0.3) is 0 Å². The Labute approximate surface area is 86.2 Å². The minimum atomic E-state index is -0.259. The first-order valence-corrected chi connectivity index (χ1v) is 5.00. The van der Waals surface area contributed by atoms with Gasteiger partial charge < -0.3 is 5.11 Å². The zero-order valence-electron chi connectivity index (χ0n) is 9.20. The van der Waals surface area contributed by atoms with Gasteiger partial charge in [-0.3, -0.25) is 4.90 Å². The lowest BCUT2D eigenvalue weighted by Crippen LogP contribution is -2.26. The van der Waals surface area contributed by atoms with Gasteiger partial charge >= 0.3 is 0 Å². The predicted octanol–water partition coefficient (Wildman–Crippen LogP) is 1.81. The standard InChI is InChI=1S/C12H19NO/c1-10-5-4-6-12(7-10)9-13(3)8-11(2)14/h4-7,11,14H,8-9H2,1-3H3/t11-/m1/s1. The van der Waals surface area contributed by atoms with Crippen LogP contribution in [-0.2, 0) is 6.54 Å². The second-order valence-electron chi connectivity index (χ2n) is 4.03. The summed E-state index contributed by atoms with van der Waals surface area (Å²) in [6.07, 6.45) is -0.259. The summed E-state index contributed by atoms with van der Waals surface area (Å²) in [6, 6.07) is 8.46. The van der Waals surface area contributed by atoms with Crippen LogP contribution in [-0.4, -0.2) is 29.7 Å². The van der Waals surface area contributed by atoms with Gasteiger partial charge in [-0.1, -0.05) is 29.8 Å². The van der Waals surface area contributed by atoms with Gasteiger partial charge in [-0.05, 0) is 26.5 Å². The van der Waals surface area contributed by atoms with Crippen LogP contribution in [0.15, 0.2) is 24.3 Å². The number of benzene rings is 1. The lowest BCUT2D eigenvalue weighted by atomic mass is 10.1. The third-order valence-electron chi connectivity index (χ3n) is 2.11. The van der Waals surface area contributed by atoms with Crippen molar-refractivity contribution < 1.29 is 5.11 Å². The van der Waals surface area contributed by atoms with Gasteiger partial charge in [0.2, 0.25) is 0 Å². The summed E-state index contributed by atoms with van der Waals surface area (Å²) >= 11 is 0. The number of aliphatic hydroxyl groups is 1. The Kier molecular flexibility index (Phi) is 4.11.